The van der Waals surface area contributed by atoms with E-state index in [0.29, 0.717) is 4.57 Å². The number of carbonyl (C=O) groups is 1. The van der Waals surface area contributed by atoms with Crippen molar-refractivity contribution in [3.8, 4) is 0 Å². The van der Waals surface area contributed by atoms with E-state index in [2.05, 4.69) is 13.6 Å². The maximum atomic E-state index is 12.6. The number of rotatable bonds is 6. The molecule has 0 spiro atoms. The minimum Gasteiger partial charge on any atom is -0.467 e. The Labute approximate surface area is 295 Å². The average Bonchev–Trinajstić information content (AvgIpc) is 3.77. The lowest BCUT2D eigenvalue weighted by atomic mass is 10.1. The van der Waals surface area contributed by atoms with Gasteiger partial charge in [-0.3, -0.25) is 28.3 Å². The lowest BCUT2D eigenvalue weighted by Crippen LogP contribution is -2.37. The Bertz CT molecular complexity index is 2570. The molecule has 0 aliphatic rings. The number of aromatic nitrogens is 2. The Morgan fingerprint density at radius 2 is 0.889 bits per heavy atom. The number of carbonyl (C=O) groups excluding carboxylic acids is 5. The van der Waals surface area contributed by atoms with Gasteiger partial charge in [-0.15, -0.1) is 0 Å². The van der Waals surface area contributed by atoms with Gasteiger partial charge < -0.3 is 34.6 Å². The van der Waals surface area contributed by atoms with Gasteiger partial charge in [0.2, 0.25) is 0 Å². The molecule has 4 heterocycles. The molecule has 22 nitrogen and oxygen atoms in total. The van der Waals surface area contributed by atoms with E-state index in [4.69, 9.17) is 30.0 Å². The van der Waals surface area contributed by atoms with E-state index in [1.165, 1.54) is 6.92 Å². The van der Waals surface area contributed by atoms with Crippen LogP contribution >= 0.6 is 0 Å². The normalized spacial score (nSPS) is 12.1. The Morgan fingerprint density at radius 3 is 1.13 bits per heavy atom. The van der Waals surface area contributed by atoms with Crippen LogP contribution < -0.4 is 50.5 Å². The van der Waals surface area contributed by atoms with E-state index < -0.39 is 76.0 Å². The second-order valence-electron chi connectivity index (χ2n) is 10.8. The minimum atomic E-state index is -1.53. The fraction of sp³-hybridized carbons (Fsp3) is 0.281. The fourth-order valence-corrected chi connectivity index (χ4v) is 4.84. The van der Waals surface area contributed by atoms with Crippen molar-refractivity contribution < 1.29 is 52.9 Å². The minimum absolute atomic E-state index is 0.0181. The fourth-order valence-electron chi connectivity index (χ4n) is 4.84. The third-order valence-corrected chi connectivity index (χ3v) is 7.31. The second-order valence-corrected chi connectivity index (χ2v) is 10.8. The summed E-state index contributed by atoms with van der Waals surface area (Å²) in [5.41, 5.74) is -1.39. The average molecular weight is 758 g/mol. The van der Waals surface area contributed by atoms with Crippen LogP contribution in [0, 0.1) is 0 Å². The molecule has 0 saturated heterocycles. The predicted molar refractivity (Wildman–Crippen MR) is 179 cm³/mol. The number of furan rings is 2. The van der Waals surface area contributed by atoms with Crippen molar-refractivity contribution in [1.29, 1.82) is 0 Å². The van der Waals surface area contributed by atoms with Gasteiger partial charge in [-0.1, -0.05) is 0 Å². The summed E-state index contributed by atoms with van der Waals surface area (Å²) >= 11 is 0. The zero-order valence-corrected chi connectivity index (χ0v) is 28.0. The van der Waals surface area contributed by atoms with Gasteiger partial charge in [-0.2, -0.15) is 19.2 Å². The molecule has 0 amide bonds. The molecular weight excluding hydrogens is 730 g/mol. The van der Waals surface area contributed by atoms with E-state index in [1.54, 1.807) is 6.92 Å². The van der Waals surface area contributed by atoms with Crippen LogP contribution in [0.5, 0.6) is 0 Å². The number of fused-ring (bicyclic) bond motifs is 4. The van der Waals surface area contributed by atoms with Crippen LogP contribution in [-0.2, 0) is 28.7 Å². The number of hydrogen-bond donors (Lipinski definition) is 4. The Balaban J connectivity index is 0.000000313. The molecule has 0 aliphatic carbocycles. The molecule has 0 bridgehead atoms. The molecule has 0 radical (unpaired) electrons. The van der Waals surface area contributed by atoms with Crippen LogP contribution in [0.15, 0.2) is 71.5 Å². The highest BCUT2D eigenvalue weighted by atomic mass is 16.5. The number of aliphatic hydroxyl groups is 3. The van der Waals surface area contributed by atoms with Gasteiger partial charge in [0, 0.05) is 6.04 Å². The van der Waals surface area contributed by atoms with Crippen LogP contribution in [0.1, 0.15) is 25.9 Å². The summed E-state index contributed by atoms with van der Waals surface area (Å²) in [6.45, 7) is 2.04. The molecule has 3 unspecified atom stereocenters. The Hall–Kier alpha value is -6.93. The van der Waals surface area contributed by atoms with Gasteiger partial charge in [0.1, 0.15) is 0 Å². The number of nitrogens with zero attached hydrogens (tertiary/aromatic N) is 2. The molecular formula is C32H27N3O19. The lowest BCUT2D eigenvalue weighted by molar-refractivity contribution is -0.193. The quantitative estimate of drug-likeness (QED) is 0.117. The van der Waals surface area contributed by atoms with Crippen LogP contribution in [0.3, 0.4) is 0 Å². The Morgan fingerprint density at radius 1 is 0.611 bits per heavy atom. The maximum absolute atomic E-state index is 12.6. The van der Waals surface area contributed by atoms with Crippen molar-refractivity contribution in [2.24, 2.45) is 5.73 Å². The first-order chi connectivity index (χ1) is 25.5. The summed E-state index contributed by atoms with van der Waals surface area (Å²) in [6.07, 6.45) is 0.500. The second kappa shape index (κ2) is 18.5. The number of ether oxygens (including phenoxy) is 1. The van der Waals surface area contributed by atoms with Gasteiger partial charge in [0.25, 0.3) is 22.2 Å². The molecule has 0 saturated carbocycles. The molecule has 0 fully saturated rings. The zero-order valence-electron chi connectivity index (χ0n) is 28.0. The third kappa shape index (κ3) is 8.57. The van der Waals surface area contributed by atoms with Gasteiger partial charge >= 0.3 is 40.8 Å². The summed E-state index contributed by atoms with van der Waals surface area (Å²) in [6, 6.07) is 2.18. The van der Waals surface area contributed by atoms with Gasteiger partial charge in [0.15, 0.2) is 6.04 Å². The first kappa shape index (κ1) is 43.2. The first-order valence-electron chi connectivity index (χ1n) is 14.8. The number of aliphatic hydroxyl groups excluding tert-OH is 3. The third-order valence-electron chi connectivity index (χ3n) is 7.31. The van der Waals surface area contributed by atoms with Crippen molar-refractivity contribution >= 4 is 61.4 Å². The number of hydrogen-bond acceptors (Lipinski definition) is 20. The first-order valence-corrected chi connectivity index (χ1v) is 14.8. The monoisotopic (exact) mass is 757 g/mol. The van der Waals surface area contributed by atoms with Gasteiger partial charge in [-0.25, -0.2) is 24.0 Å². The van der Waals surface area contributed by atoms with Gasteiger partial charge in [0.05, 0.1) is 76.1 Å². The standard InChI is InChI=1S/C17H16N2O8.C10H2O6.C3H9NO.2CO2/c1-7(5-20)18-13(22)8-3-10-11(4-9(8)14(18)23)16(25)19(15(10)24)12(6-21)17(26)27-2;11-7-3-1-4-6(10(14)16-8(4)12)2-5(3)9(13)15-7;1-3(4)2-5;2*2-1-3/h3-4,7,12,20-21H,5-6H2,1-2H3;1-2H;3,5H,2,4H2,1H3;;. The summed E-state index contributed by atoms with van der Waals surface area (Å²) < 4.78 is 14.6. The van der Waals surface area contributed by atoms with Crippen LogP contribution in [0.4, 0.5) is 0 Å². The van der Waals surface area contributed by atoms with Crippen molar-refractivity contribution in [1.82, 2.24) is 9.13 Å². The van der Waals surface area contributed by atoms with Crippen LogP contribution in [-0.4, -0.2) is 75.7 Å². The number of esters is 1. The molecule has 54 heavy (non-hydrogen) atoms. The Kier molecular flexibility index (Phi) is 14.8. The maximum Gasteiger partial charge on any atom is 0.373 e. The molecule has 0 aliphatic heterocycles. The van der Waals surface area contributed by atoms with Crippen molar-refractivity contribution in [3.05, 3.63) is 107 Å². The zero-order chi connectivity index (χ0) is 41.2. The molecule has 284 valence electrons. The van der Waals surface area contributed by atoms with Gasteiger partial charge in [-0.05, 0) is 38.1 Å². The highest BCUT2D eigenvalue weighted by Gasteiger charge is 2.28. The molecule has 2 aromatic carbocycles. The van der Waals surface area contributed by atoms with Crippen molar-refractivity contribution in [2.75, 3.05) is 26.9 Å². The number of methoxy groups -OCH3 is 1. The van der Waals surface area contributed by atoms with E-state index >= 15 is 0 Å². The topological polar surface area (TPSA) is 354 Å². The molecule has 6 aromatic rings. The van der Waals surface area contributed by atoms with Crippen molar-refractivity contribution in [3.63, 3.8) is 0 Å². The molecule has 3 atom stereocenters. The van der Waals surface area contributed by atoms with E-state index in [1.807, 2.05) is 0 Å². The molecule has 22 heteroatoms. The van der Waals surface area contributed by atoms with Crippen molar-refractivity contribution in [2.45, 2.75) is 32.0 Å². The molecule has 4 aromatic heterocycles. The summed E-state index contributed by atoms with van der Waals surface area (Å²) in [7, 11) is 1.05. The summed E-state index contributed by atoms with van der Waals surface area (Å²) in [5, 5.41) is 26.1. The van der Waals surface area contributed by atoms with Crippen LogP contribution in [0.25, 0.3) is 43.1 Å². The smallest absolute Gasteiger partial charge is 0.373 e. The SMILES string of the molecule is CC(N)CO.COC(=O)C(CO)n1c(=O)c2cc3c(=O)n(C(C)CO)c(=O)c3cc2c1=O.O=C=O.O=C=O.O=c1oc(=O)c2cc3c(=O)oc(=O)c3cc12. The molecule has 6 rings (SSSR count). The summed E-state index contributed by atoms with van der Waals surface area (Å²) in [4.78, 5) is 139. The lowest BCUT2D eigenvalue weighted by Gasteiger charge is -2.11. The number of nitrogens with two attached hydrogens (primary N) is 1. The highest BCUT2D eigenvalue weighted by Crippen LogP contribution is 2.17. The molecule has 5 N–H and O–H groups in total. The number of benzene rings is 2. The van der Waals surface area contributed by atoms with E-state index in [-0.39, 0.29) is 68.0 Å². The van der Waals surface area contributed by atoms with Crippen LogP contribution in [0.2, 0.25) is 0 Å². The largest absolute Gasteiger partial charge is 0.467 e. The van der Waals surface area contributed by atoms with E-state index in [9.17, 15) is 53.4 Å². The predicted octanol–water partition coefficient (Wildman–Crippen LogP) is -4.17. The summed E-state index contributed by atoms with van der Waals surface area (Å²) in [5.74, 6) is -0.977. The highest BCUT2D eigenvalue weighted by molar-refractivity contribution is 5.98. The van der Waals surface area contributed by atoms with E-state index in [0.717, 1.165) is 35.9 Å².